The Morgan fingerprint density at radius 2 is 2.18 bits per heavy atom. The Morgan fingerprint density at radius 3 is 2.82 bits per heavy atom. The largest absolute Gasteiger partial charge is 0.507 e. The number of phenols is 1. The van der Waals surface area contributed by atoms with Crippen molar-refractivity contribution in [1.82, 2.24) is 5.32 Å². The first-order valence-electron chi connectivity index (χ1n) is 5.51. The van der Waals surface area contributed by atoms with Crippen molar-refractivity contribution in [2.45, 2.75) is 18.9 Å². The second-order valence-corrected chi connectivity index (χ2v) is 4.36. The molecule has 0 atom stereocenters. The van der Waals surface area contributed by atoms with Gasteiger partial charge in [0, 0.05) is 6.54 Å². The third kappa shape index (κ3) is 2.74. The molecule has 1 aromatic rings. The third-order valence-electron chi connectivity index (χ3n) is 2.97. The van der Waals surface area contributed by atoms with Crippen molar-refractivity contribution >= 4 is 5.91 Å². The molecule has 3 N–H and O–H groups in total. The van der Waals surface area contributed by atoms with Crippen LogP contribution >= 0.6 is 0 Å². The van der Waals surface area contributed by atoms with Crippen LogP contribution in [0.25, 0.3) is 0 Å². The van der Waals surface area contributed by atoms with E-state index < -0.39 is 11.7 Å². The Labute approximate surface area is 98.1 Å². The first-order chi connectivity index (χ1) is 8.06. The number of phenolic OH excluding ortho intramolecular Hbond substituents is 1. The van der Waals surface area contributed by atoms with E-state index in [0.29, 0.717) is 19.4 Å². The summed E-state index contributed by atoms with van der Waals surface area (Å²) in [7, 11) is 0. The summed E-state index contributed by atoms with van der Waals surface area (Å²) in [6, 6.07) is 3.24. The molecule has 0 radical (unpaired) electrons. The molecular formula is C12H14FNO3. The van der Waals surface area contributed by atoms with Crippen LogP contribution in [0.2, 0.25) is 0 Å². The van der Waals surface area contributed by atoms with Crippen molar-refractivity contribution in [3.8, 4) is 5.75 Å². The molecule has 1 aliphatic rings. The van der Waals surface area contributed by atoms with Crippen molar-refractivity contribution in [1.29, 1.82) is 0 Å². The fourth-order valence-electron chi connectivity index (χ4n) is 1.89. The molecule has 1 aromatic carbocycles. The summed E-state index contributed by atoms with van der Waals surface area (Å²) in [5, 5.41) is 21.1. The lowest BCUT2D eigenvalue weighted by Crippen LogP contribution is -2.38. The van der Waals surface area contributed by atoms with Crippen LogP contribution in [0.15, 0.2) is 18.2 Å². The average molecular weight is 239 g/mol. The number of aliphatic hydroxyl groups is 1. The van der Waals surface area contributed by atoms with Gasteiger partial charge in [-0.15, -0.1) is 0 Å². The maximum Gasteiger partial charge on any atom is 0.255 e. The van der Waals surface area contributed by atoms with Crippen molar-refractivity contribution in [2.75, 3.05) is 6.54 Å². The molecule has 0 spiro atoms. The van der Waals surface area contributed by atoms with Crippen LogP contribution in [-0.2, 0) is 0 Å². The summed E-state index contributed by atoms with van der Waals surface area (Å²) >= 11 is 0. The highest BCUT2D eigenvalue weighted by Crippen LogP contribution is 2.26. The maximum absolute atomic E-state index is 12.9. The van der Waals surface area contributed by atoms with Gasteiger partial charge in [-0.05, 0) is 37.0 Å². The molecule has 92 valence electrons. The molecule has 4 nitrogen and oxygen atoms in total. The van der Waals surface area contributed by atoms with Crippen LogP contribution in [0, 0.1) is 11.7 Å². The molecule has 0 saturated heterocycles. The quantitative estimate of drug-likeness (QED) is 0.738. The van der Waals surface area contributed by atoms with E-state index in [1.807, 2.05) is 0 Å². The Morgan fingerprint density at radius 1 is 1.47 bits per heavy atom. The molecule has 1 amide bonds. The van der Waals surface area contributed by atoms with Gasteiger partial charge < -0.3 is 15.5 Å². The lowest BCUT2D eigenvalue weighted by Gasteiger charge is -2.31. The molecule has 0 bridgehead atoms. The van der Waals surface area contributed by atoms with Gasteiger partial charge in [-0.2, -0.15) is 0 Å². The number of aromatic hydroxyl groups is 1. The molecule has 0 aliphatic heterocycles. The Bertz CT molecular complexity index is 430. The number of amides is 1. The minimum absolute atomic E-state index is 0.0649. The van der Waals surface area contributed by atoms with Gasteiger partial charge in [-0.1, -0.05) is 0 Å². The van der Waals surface area contributed by atoms with Crippen LogP contribution in [0.4, 0.5) is 4.39 Å². The zero-order chi connectivity index (χ0) is 12.4. The Balaban J connectivity index is 1.92. The van der Waals surface area contributed by atoms with Gasteiger partial charge in [0.05, 0.1) is 11.7 Å². The topological polar surface area (TPSA) is 69.6 Å². The molecule has 5 heteroatoms. The third-order valence-corrected chi connectivity index (χ3v) is 2.97. The van der Waals surface area contributed by atoms with E-state index in [2.05, 4.69) is 5.32 Å². The predicted molar refractivity (Wildman–Crippen MR) is 59.1 cm³/mol. The van der Waals surface area contributed by atoms with Gasteiger partial charge in [-0.3, -0.25) is 4.79 Å². The molecule has 17 heavy (non-hydrogen) atoms. The zero-order valence-corrected chi connectivity index (χ0v) is 9.19. The van der Waals surface area contributed by atoms with Gasteiger partial charge in [0.2, 0.25) is 0 Å². The second kappa shape index (κ2) is 4.71. The summed E-state index contributed by atoms with van der Waals surface area (Å²) in [6.07, 6.45) is 1.09. The van der Waals surface area contributed by atoms with Gasteiger partial charge in [0.15, 0.2) is 0 Å². The summed E-state index contributed by atoms with van der Waals surface area (Å²) in [6.45, 7) is 0.436. The lowest BCUT2D eigenvalue weighted by atomic mass is 9.82. The van der Waals surface area contributed by atoms with Crippen LogP contribution in [0.1, 0.15) is 23.2 Å². The second-order valence-electron chi connectivity index (χ2n) is 4.36. The fourth-order valence-corrected chi connectivity index (χ4v) is 1.89. The Kier molecular flexibility index (Phi) is 3.28. The number of hydrogen-bond donors (Lipinski definition) is 3. The number of carbonyl (C=O) groups excluding carboxylic acids is 1. The highest BCUT2D eigenvalue weighted by Gasteiger charge is 2.27. The molecule has 1 fully saturated rings. The fraction of sp³-hybridized carbons (Fsp3) is 0.417. The van der Waals surface area contributed by atoms with Gasteiger partial charge in [0.1, 0.15) is 11.6 Å². The minimum atomic E-state index is -0.563. The van der Waals surface area contributed by atoms with Crippen LogP contribution in [0.5, 0.6) is 5.75 Å². The van der Waals surface area contributed by atoms with Gasteiger partial charge in [0.25, 0.3) is 5.91 Å². The van der Waals surface area contributed by atoms with Gasteiger partial charge in [-0.25, -0.2) is 4.39 Å². The SMILES string of the molecule is O=C(NCC1CC(O)C1)c1cc(F)ccc1O. The zero-order valence-electron chi connectivity index (χ0n) is 9.19. The van der Waals surface area contributed by atoms with Crippen LogP contribution in [-0.4, -0.2) is 28.8 Å². The highest BCUT2D eigenvalue weighted by atomic mass is 19.1. The molecular weight excluding hydrogens is 225 g/mol. The van der Waals surface area contributed by atoms with E-state index in [4.69, 9.17) is 5.11 Å². The number of benzene rings is 1. The minimum Gasteiger partial charge on any atom is -0.507 e. The molecule has 1 saturated carbocycles. The summed E-state index contributed by atoms with van der Waals surface area (Å²) in [5.41, 5.74) is -0.0649. The number of nitrogens with one attached hydrogen (secondary N) is 1. The number of halogens is 1. The van der Waals surface area contributed by atoms with Crippen molar-refractivity contribution in [2.24, 2.45) is 5.92 Å². The van der Waals surface area contributed by atoms with Crippen molar-refractivity contribution in [3.05, 3.63) is 29.6 Å². The van der Waals surface area contributed by atoms with E-state index in [0.717, 1.165) is 18.2 Å². The smallest absolute Gasteiger partial charge is 0.255 e. The van der Waals surface area contributed by atoms with Crippen molar-refractivity contribution < 1.29 is 19.4 Å². The van der Waals surface area contributed by atoms with Gasteiger partial charge >= 0.3 is 0 Å². The summed E-state index contributed by atoms with van der Waals surface area (Å²) < 4.78 is 12.9. The van der Waals surface area contributed by atoms with Crippen molar-refractivity contribution in [3.63, 3.8) is 0 Å². The predicted octanol–water partition coefficient (Wildman–Crippen LogP) is 1.03. The van der Waals surface area contributed by atoms with E-state index in [-0.39, 0.29) is 23.3 Å². The highest BCUT2D eigenvalue weighted by molar-refractivity contribution is 5.96. The molecule has 0 aromatic heterocycles. The summed E-state index contributed by atoms with van der Waals surface area (Å²) in [5.74, 6) is -1.03. The number of aliphatic hydroxyl groups excluding tert-OH is 1. The van der Waals surface area contributed by atoms with Crippen LogP contribution in [0.3, 0.4) is 0 Å². The lowest BCUT2D eigenvalue weighted by molar-refractivity contribution is 0.0420. The molecule has 1 aliphatic carbocycles. The molecule has 0 unspecified atom stereocenters. The molecule has 2 rings (SSSR count). The number of rotatable bonds is 3. The first kappa shape index (κ1) is 11.9. The van der Waals surface area contributed by atoms with E-state index in [1.54, 1.807) is 0 Å². The first-order valence-corrected chi connectivity index (χ1v) is 5.51. The standard InChI is InChI=1S/C12H14FNO3/c13-8-1-2-11(16)10(5-8)12(17)14-6-7-3-9(15)4-7/h1-2,5,7,9,15-16H,3-4,6H2,(H,14,17). The monoisotopic (exact) mass is 239 g/mol. The van der Waals surface area contributed by atoms with E-state index in [1.165, 1.54) is 0 Å². The van der Waals surface area contributed by atoms with E-state index in [9.17, 15) is 14.3 Å². The van der Waals surface area contributed by atoms with Crippen LogP contribution < -0.4 is 5.32 Å². The molecule has 0 heterocycles. The Hall–Kier alpha value is -1.62. The summed E-state index contributed by atoms with van der Waals surface area (Å²) in [4.78, 5) is 11.6. The average Bonchev–Trinajstić information content (AvgIpc) is 2.26. The normalized spacial score (nSPS) is 22.9. The number of hydrogen-bond acceptors (Lipinski definition) is 3. The maximum atomic E-state index is 12.9. The van der Waals surface area contributed by atoms with E-state index >= 15 is 0 Å². The number of carbonyl (C=O) groups is 1.